The number of carboxylic acids is 1. The summed E-state index contributed by atoms with van der Waals surface area (Å²) in [5.74, 6) is 0.104. The molecule has 2 atom stereocenters. The molecule has 1 fully saturated rings. The number of thioether (sulfide) groups is 1. The SMILES string of the molecule is CN1C[C@H](NC(=O)CSCc2ccccc2Cl)C[C@H]1C(=O)O. The lowest BCUT2D eigenvalue weighted by molar-refractivity contribution is -0.141. The zero-order valence-electron chi connectivity index (χ0n) is 12.3. The summed E-state index contributed by atoms with van der Waals surface area (Å²) in [7, 11) is 1.76. The third-order valence-electron chi connectivity index (χ3n) is 3.65. The molecule has 1 aliphatic rings. The molecule has 5 nitrogen and oxygen atoms in total. The van der Waals surface area contributed by atoms with Crippen molar-refractivity contribution in [3.05, 3.63) is 34.9 Å². The average molecular weight is 343 g/mol. The van der Waals surface area contributed by atoms with Gasteiger partial charge in [-0.15, -0.1) is 11.8 Å². The number of carbonyl (C=O) groups excluding carboxylic acids is 1. The Morgan fingerprint density at radius 3 is 2.82 bits per heavy atom. The van der Waals surface area contributed by atoms with E-state index < -0.39 is 12.0 Å². The number of hydrogen-bond donors (Lipinski definition) is 2. The van der Waals surface area contributed by atoms with Crippen LogP contribution in [0.3, 0.4) is 0 Å². The summed E-state index contributed by atoms with van der Waals surface area (Å²) in [6.07, 6.45) is 0.451. The quantitative estimate of drug-likeness (QED) is 0.825. The van der Waals surface area contributed by atoms with E-state index >= 15 is 0 Å². The molecule has 1 heterocycles. The smallest absolute Gasteiger partial charge is 0.320 e. The van der Waals surface area contributed by atoms with Crippen LogP contribution in [0, 0.1) is 0 Å². The van der Waals surface area contributed by atoms with E-state index in [-0.39, 0.29) is 11.9 Å². The monoisotopic (exact) mass is 342 g/mol. The molecule has 22 heavy (non-hydrogen) atoms. The Bertz CT molecular complexity index is 555. The van der Waals surface area contributed by atoms with Gasteiger partial charge in [-0.3, -0.25) is 14.5 Å². The summed E-state index contributed by atoms with van der Waals surface area (Å²) in [5, 5.41) is 12.7. The zero-order valence-corrected chi connectivity index (χ0v) is 13.9. The molecule has 1 saturated heterocycles. The largest absolute Gasteiger partial charge is 0.480 e. The van der Waals surface area contributed by atoms with E-state index in [1.54, 1.807) is 11.9 Å². The fourth-order valence-corrected chi connectivity index (χ4v) is 3.66. The molecular weight excluding hydrogens is 324 g/mol. The highest BCUT2D eigenvalue weighted by atomic mass is 35.5. The molecule has 1 aliphatic heterocycles. The Morgan fingerprint density at radius 2 is 2.18 bits per heavy atom. The minimum Gasteiger partial charge on any atom is -0.480 e. The van der Waals surface area contributed by atoms with Gasteiger partial charge in [-0.2, -0.15) is 0 Å². The Kier molecular flexibility index (Phi) is 6.11. The van der Waals surface area contributed by atoms with Crippen LogP contribution in [0.5, 0.6) is 0 Å². The highest BCUT2D eigenvalue weighted by Crippen LogP contribution is 2.21. The molecule has 120 valence electrons. The number of nitrogens with one attached hydrogen (secondary N) is 1. The van der Waals surface area contributed by atoms with Crippen molar-refractivity contribution in [2.75, 3.05) is 19.3 Å². The molecule has 0 aromatic heterocycles. The maximum Gasteiger partial charge on any atom is 0.320 e. The molecule has 0 saturated carbocycles. The average Bonchev–Trinajstić information content (AvgIpc) is 2.82. The summed E-state index contributed by atoms with van der Waals surface area (Å²) >= 11 is 7.56. The number of likely N-dealkylation sites (tertiary alicyclic amines) is 1. The number of amides is 1. The molecule has 1 aromatic carbocycles. The van der Waals surface area contributed by atoms with E-state index in [0.29, 0.717) is 29.5 Å². The summed E-state index contributed by atoms with van der Waals surface area (Å²) < 4.78 is 0. The van der Waals surface area contributed by atoms with Crippen molar-refractivity contribution in [2.45, 2.75) is 24.3 Å². The van der Waals surface area contributed by atoms with E-state index in [0.717, 1.165) is 5.56 Å². The van der Waals surface area contributed by atoms with Gasteiger partial charge in [0.25, 0.3) is 0 Å². The van der Waals surface area contributed by atoms with Crippen LogP contribution in [0.2, 0.25) is 5.02 Å². The number of benzene rings is 1. The molecule has 0 spiro atoms. The van der Waals surface area contributed by atoms with Crippen LogP contribution in [0.15, 0.2) is 24.3 Å². The molecule has 2 rings (SSSR count). The lowest BCUT2D eigenvalue weighted by Gasteiger charge is -2.13. The number of nitrogens with zero attached hydrogens (tertiary/aromatic N) is 1. The zero-order chi connectivity index (χ0) is 16.1. The minimum absolute atomic E-state index is 0.0681. The maximum atomic E-state index is 11.9. The molecule has 0 radical (unpaired) electrons. The standard InChI is InChI=1S/C15H19ClN2O3S/c1-18-7-11(6-13(18)15(20)21)17-14(19)9-22-8-10-4-2-3-5-12(10)16/h2-5,11,13H,6-9H2,1H3,(H,17,19)(H,20,21)/t11-,13+/m1/s1. The van der Waals surface area contributed by atoms with Crippen LogP contribution >= 0.6 is 23.4 Å². The number of carboxylic acid groups (broad SMARTS) is 1. The lowest BCUT2D eigenvalue weighted by atomic mass is 10.2. The fraction of sp³-hybridized carbons (Fsp3) is 0.467. The van der Waals surface area contributed by atoms with Crippen molar-refractivity contribution in [3.63, 3.8) is 0 Å². The van der Waals surface area contributed by atoms with Crippen LogP contribution in [0.4, 0.5) is 0 Å². The third-order valence-corrected chi connectivity index (χ3v) is 5.00. The molecule has 0 unspecified atom stereocenters. The molecule has 7 heteroatoms. The van der Waals surface area contributed by atoms with Crippen molar-refractivity contribution >= 4 is 35.2 Å². The first-order valence-electron chi connectivity index (χ1n) is 7.01. The molecule has 1 aromatic rings. The van der Waals surface area contributed by atoms with E-state index in [1.807, 2.05) is 24.3 Å². The van der Waals surface area contributed by atoms with E-state index in [9.17, 15) is 9.59 Å². The van der Waals surface area contributed by atoms with Gasteiger partial charge in [0.15, 0.2) is 0 Å². The second-order valence-electron chi connectivity index (χ2n) is 5.38. The maximum absolute atomic E-state index is 11.9. The number of rotatable bonds is 6. The van der Waals surface area contributed by atoms with Crippen molar-refractivity contribution in [2.24, 2.45) is 0 Å². The lowest BCUT2D eigenvalue weighted by Crippen LogP contribution is -2.37. The Labute approximate surface area is 139 Å². The van der Waals surface area contributed by atoms with Crippen LogP contribution in [-0.2, 0) is 15.3 Å². The van der Waals surface area contributed by atoms with E-state index in [2.05, 4.69) is 5.32 Å². The summed E-state index contributed by atoms with van der Waals surface area (Å²) in [5.41, 5.74) is 1.01. The Morgan fingerprint density at radius 1 is 1.45 bits per heavy atom. The fourth-order valence-electron chi connectivity index (χ4n) is 2.53. The first-order valence-corrected chi connectivity index (χ1v) is 8.54. The third kappa shape index (κ3) is 4.63. The number of likely N-dealkylation sites (N-methyl/N-ethyl adjacent to an activating group) is 1. The highest BCUT2D eigenvalue weighted by Gasteiger charge is 2.34. The molecule has 0 bridgehead atoms. The Hall–Kier alpha value is -1.24. The van der Waals surface area contributed by atoms with Gasteiger partial charge in [-0.05, 0) is 25.1 Å². The van der Waals surface area contributed by atoms with Gasteiger partial charge in [0.1, 0.15) is 6.04 Å². The molecule has 1 amide bonds. The van der Waals surface area contributed by atoms with Crippen LogP contribution in [-0.4, -0.2) is 53.3 Å². The first kappa shape index (κ1) is 17.1. The number of carbonyl (C=O) groups is 2. The van der Waals surface area contributed by atoms with Crippen molar-refractivity contribution < 1.29 is 14.7 Å². The van der Waals surface area contributed by atoms with Crippen molar-refractivity contribution in [1.82, 2.24) is 10.2 Å². The predicted octanol–water partition coefficient (Wildman–Crippen LogP) is 1.85. The summed E-state index contributed by atoms with van der Waals surface area (Å²) in [4.78, 5) is 24.7. The van der Waals surface area contributed by atoms with Gasteiger partial charge in [0.05, 0.1) is 5.75 Å². The van der Waals surface area contributed by atoms with Crippen molar-refractivity contribution in [1.29, 1.82) is 0 Å². The van der Waals surface area contributed by atoms with Crippen LogP contribution < -0.4 is 5.32 Å². The van der Waals surface area contributed by atoms with Gasteiger partial charge in [-0.25, -0.2) is 0 Å². The van der Waals surface area contributed by atoms with Gasteiger partial charge < -0.3 is 10.4 Å². The van der Waals surface area contributed by atoms with Crippen LogP contribution in [0.25, 0.3) is 0 Å². The summed E-state index contributed by atoms with van der Waals surface area (Å²) in [6.45, 7) is 0.567. The van der Waals surface area contributed by atoms with Gasteiger partial charge in [0.2, 0.25) is 5.91 Å². The van der Waals surface area contributed by atoms with Gasteiger partial charge in [0, 0.05) is 23.4 Å². The van der Waals surface area contributed by atoms with Gasteiger partial charge in [-0.1, -0.05) is 29.8 Å². The molecule has 0 aliphatic carbocycles. The topological polar surface area (TPSA) is 69.6 Å². The van der Waals surface area contributed by atoms with E-state index in [4.69, 9.17) is 16.7 Å². The van der Waals surface area contributed by atoms with Crippen molar-refractivity contribution in [3.8, 4) is 0 Å². The number of halogens is 1. The second kappa shape index (κ2) is 7.85. The number of aliphatic carboxylic acids is 1. The van der Waals surface area contributed by atoms with E-state index in [1.165, 1.54) is 11.8 Å². The summed E-state index contributed by atoms with van der Waals surface area (Å²) in [6, 6.07) is 6.95. The van der Waals surface area contributed by atoms with Crippen LogP contribution in [0.1, 0.15) is 12.0 Å². The highest BCUT2D eigenvalue weighted by molar-refractivity contribution is 7.99. The second-order valence-corrected chi connectivity index (χ2v) is 6.77. The molecular formula is C15H19ClN2O3S. The molecule has 2 N–H and O–H groups in total. The minimum atomic E-state index is -0.840. The predicted molar refractivity (Wildman–Crippen MR) is 88.2 cm³/mol. The Balaban J connectivity index is 1.73. The first-order chi connectivity index (χ1) is 10.5. The van der Waals surface area contributed by atoms with Gasteiger partial charge >= 0.3 is 5.97 Å². The number of hydrogen-bond acceptors (Lipinski definition) is 4. The normalized spacial score (nSPS) is 21.7.